The highest BCUT2D eigenvalue weighted by Gasteiger charge is 2.26. The summed E-state index contributed by atoms with van der Waals surface area (Å²) in [5.74, 6) is 3.64. The average Bonchev–Trinajstić information content (AvgIpc) is 2.51. The van der Waals surface area contributed by atoms with Gasteiger partial charge < -0.3 is 22.0 Å². The van der Waals surface area contributed by atoms with Crippen molar-refractivity contribution >= 4 is 11.6 Å². The minimum Gasteiger partial charge on any atom is -1.00 e. The van der Waals surface area contributed by atoms with Gasteiger partial charge in [0.15, 0.2) is 0 Å². The van der Waals surface area contributed by atoms with E-state index in [4.69, 9.17) is 22.8 Å². The maximum absolute atomic E-state index is 6.00. The van der Waals surface area contributed by atoms with Crippen LogP contribution >= 0.6 is 11.6 Å². The number of fused-ring (bicyclic) bond motifs is 1. The second kappa shape index (κ2) is 6.89. The number of hydrogen-bond acceptors (Lipinski definition) is 1. The topological polar surface area (TPSA) is 13.7 Å². The zero-order valence-corrected chi connectivity index (χ0v) is 11.9. The van der Waals surface area contributed by atoms with Crippen LogP contribution in [0.5, 0.6) is 5.75 Å². The Labute approximate surface area is 120 Å². The Balaban J connectivity index is 0.00000162. The van der Waals surface area contributed by atoms with Crippen LogP contribution in [-0.4, -0.2) is 20.2 Å². The van der Waals surface area contributed by atoms with Crippen LogP contribution in [0.25, 0.3) is 0 Å². The summed E-state index contributed by atoms with van der Waals surface area (Å²) in [6, 6.07) is 6.29. The summed E-state index contributed by atoms with van der Waals surface area (Å²) in [6.45, 7) is 1.49. The molecule has 0 aromatic heterocycles. The third-order valence-electron chi connectivity index (χ3n) is 3.22. The molecular weight excluding hydrogens is 269 g/mol. The Morgan fingerprint density at radius 2 is 2.33 bits per heavy atom. The van der Waals surface area contributed by atoms with Gasteiger partial charge in [0.2, 0.25) is 0 Å². The van der Waals surface area contributed by atoms with E-state index in [0.29, 0.717) is 6.04 Å². The van der Waals surface area contributed by atoms with Crippen LogP contribution in [0.4, 0.5) is 0 Å². The predicted octanol–water partition coefficient (Wildman–Crippen LogP) is -1.29. The van der Waals surface area contributed by atoms with Gasteiger partial charge in [-0.3, -0.25) is 0 Å². The lowest BCUT2D eigenvalue weighted by Gasteiger charge is -2.23. The van der Waals surface area contributed by atoms with E-state index in [1.165, 1.54) is 10.5 Å². The van der Waals surface area contributed by atoms with Gasteiger partial charge in [0.1, 0.15) is 18.3 Å². The zero-order chi connectivity index (χ0) is 12.3. The van der Waals surface area contributed by atoms with E-state index in [9.17, 15) is 0 Å². The summed E-state index contributed by atoms with van der Waals surface area (Å²) in [6.07, 6.45) is 7.55. The van der Waals surface area contributed by atoms with E-state index < -0.39 is 0 Å². The highest BCUT2D eigenvalue weighted by atomic mass is 35.5. The van der Waals surface area contributed by atoms with Crippen LogP contribution in [0.1, 0.15) is 24.4 Å². The number of nitrogens with one attached hydrogen (secondary N) is 1. The molecule has 1 aliphatic heterocycles. The molecule has 2 unspecified atom stereocenters. The van der Waals surface area contributed by atoms with E-state index in [-0.39, 0.29) is 12.4 Å². The Bertz CT molecular complexity index is 442. The van der Waals surface area contributed by atoms with Crippen LogP contribution in [-0.2, 0) is 0 Å². The number of rotatable bonds is 2. The lowest BCUT2D eigenvalue weighted by atomic mass is 10.0. The first-order valence-electron chi connectivity index (χ1n) is 5.90. The summed E-state index contributed by atoms with van der Waals surface area (Å²) >= 11 is 6.00. The molecule has 0 fully saturated rings. The summed E-state index contributed by atoms with van der Waals surface area (Å²) in [5, 5.41) is 0.721. The first kappa shape index (κ1) is 15.2. The number of quaternary nitrogens is 1. The smallest absolute Gasteiger partial charge is 0.139 e. The fraction of sp³-hybridized carbons (Fsp3) is 0.429. The van der Waals surface area contributed by atoms with Gasteiger partial charge in [0.25, 0.3) is 0 Å². The molecule has 0 saturated heterocycles. The first-order valence-corrected chi connectivity index (χ1v) is 6.28. The van der Waals surface area contributed by atoms with Crippen molar-refractivity contribution in [3.8, 4) is 18.1 Å². The molecular formula is C14H17Cl2NO. The molecule has 0 aliphatic carbocycles. The van der Waals surface area contributed by atoms with Gasteiger partial charge in [0, 0.05) is 11.4 Å². The highest BCUT2D eigenvalue weighted by molar-refractivity contribution is 6.30. The Hall–Kier alpha value is -0.880. The first-order chi connectivity index (χ1) is 8.22. The van der Waals surface area contributed by atoms with E-state index in [2.05, 4.69) is 19.0 Å². The van der Waals surface area contributed by atoms with Gasteiger partial charge in [-0.25, -0.2) is 0 Å². The molecule has 0 amide bonds. The molecule has 1 aliphatic rings. The molecule has 1 N–H and O–H groups in total. The molecule has 1 heterocycles. The van der Waals surface area contributed by atoms with Gasteiger partial charge in [-0.05, 0) is 30.5 Å². The van der Waals surface area contributed by atoms with Crippen LogP contribution in [0.2, 0.25) is 5.02 Å². The van der Waals surface area contributed by atoms with E-state index in [0.717, 1.165) is 36.8 Å². The summed E-state index contributed by atoms with van der Waals surface area (Å²) in [4.78, 5) is 1.33. The molecule has 1 aromatic carbocycles. The van der Waals surface area contributed by atoms with Gasteiger partial charge >= 0.3 is 0 Å². The van der Waals surface area contributed by atoms with Crippen molar-refractivity contribution in [2.75, 3.05) is 20.2 Å². The molecule has 2 atom stereocenters. The van der Waals surface area contributed by atoms with Crippen molar-refractivity contribution in [3.05, 3.63) is 28.8 Å². The molecule has 2 nitrogen and oxygen atoms in total. The van der Waals surface area contributed by atoms with Crippen molar-refractivity contribution in [2.45, 2.75) is 18.9 Å². The molecule has 18 heavy (non-hydrogen) atoms. The van der Waals surface area contributed by atoms with Crippen LogP contribution in [0.3, 0.4) is 0 Å². The van der Waals surface area contributed by atoms with E-state index in [1.807, 2.05) is 12.1 Å². The van der Waals surface area contributed by atoms with Crippen LogP contribution in [0.15, 0.2) is 18.2 Å². The van der Waals surface area contributed by atoms with Gasteiger partial charge in [-0.15, -0.1) is 6.42 Å². The second-order valence-electron chi connectivity index (χ2n) is 4.45. The summed E-state index contributed by atoms with van der Waals surface area (Å²) in [5.41, 5.74) is 1.22. The second-order valence-corrected chi connectivity index (χ2v) is 4.89. The molecule has 0 saturated carbocycles. The molecule has 98 valence electrons. The standard InChI is InChI=1S/C14H16ClNO.ClH/c1-3-8-16(2)13-5-4-9-17-14-10-11(15)6-7-12(13)14;/h1,6-7,10,13H,4-5,8-9H2,2H3;1H. The maximum Gasteiger partial charge on any atom is 0.139 e. The predicted molar refractivity (Wildman–Crippen MR) is 69.5 cm³/mol. The molecule has 1 aromatic rings. The molecule has 0 bridgehead atoms. The largest absolute Gasteiger partial charge is 1.00 e. The average molecular weight is 286 g/mol. The number of hydrogen-bond donors (Lipinski definition) is 1. The molecule has 0 spiro atoms. The van der Waals surface area contributed by atoms with E-state index in [1.54, 1.807) is 0 Å². The van der Waals surface area contributed by atoms with Crippen molar-refractivity contribution in [3.63, 3.8) is 0 Å². The fourth-order valence-electron chi connectivity index (χ4n) is 2.34. The number of ether oxygens (including phenoxy) is 1. The van der Waals surface area contributed by atoms with E-state index >= 15 is 0 Å². The molecule has 4 heteroatoms. The van der Waals surface area contributed by atoms with Crippen molar-refractivity contribution in [1.29, 1.82) is 0 Å². The quantitative estimate of drug-likeness (QED) is 0.668. The minimum absolute atomic E-state index is 0. The Kier molecular flexibility index (Phi) is 5.81. The summed E-state index contributed by atoms with van der Waals surface area (Å²) < 4.78 is 5.74. The highest BCUT2D eigenvalue weighted by Crippen LogP contribution is 2.31. The number of terminal acetylenes is 1. The molecule has 0 radical (unpaired) electrons. The van der Waals surface area contributed by atoms with Gasteiger partial charge in [-0.1, -0.05) is 11.6 Å². The fourth-order valence-corrected chi connectivity index (χ4v) is 2.50. The summed E-state index contributed by atoms with van der Waals surface area (Å²) in [7, 11) is 2.13. The maximum atomic E-state index is 6.00. The third kappa shape index (κ3) is 3.32. The Morgan fingerprint density at radius 3 is 3.06 bits per heavy atom. The Morgan fingerprint density at radius 1 is 1.56 bits per heavy atom. The van der Waals surface area contributed by atoms with Crippen molar-refractivity contribution in [1.82, 2.24) is 0 Å². The normalized spacial score (nSPS) is 19.5. The van der Waals surface area contributed by atoms with Gasteiger partial charge in [-0.2, -0.15) is 0 Å². The number of halogens is 2. The monoisotopic (exact) mass is 285 g/mol. The molecule has 2 rings (SSSR count). The van der Waals surface area contributed by atoms with Gasteiger partial charge in [0.05, 0.1) is 19.2 Å². The minimum atomic E-state index is 0. The lowest BCUT2D eigenvalue weighted by molar-refractivity contribution is -0.905. The zero-order valence-electron chi connectivity index (χ0n) is 10.4. The van der Waals surface area contributed by atoms with Crippen LogP contribution < -0.4 is 22.0 Å². The van der Waals surface area contributed by atoms with Crippen LogP contribution in [0, 0.1) is 12.3 Å². The van der Waals surface area contributed by atoms with Crippen molar-refractivity contribution < 1.29 is 22.0 Å². The van der Waals surface area contributed by atoms with Crippen molar-refractivity contribution in [2.24, 2.45) is 0 Å². The SMILES string of the molecule is C#CC[NH+](C)C1CCCOc2cc(Cl)ccc21.[Cl-]. The third-order valence-corrected chi connectivity index (χ3v) is 3.46. The number of benzene rings is 1. The lowest BCUT2D eigenvalue weighted by Crippen LogP contribution is -3.09.